The molecule has 6 nitrogen and oxygen atoms in total. The van der Waals surface area contributed by atoms with Gasteiger partial charge < -0.3 is 19.9 Å². The topological polar surface area (TPSA) is 84.9 Å². The Morgan fingerprint density at radius 3 is 2.57 bits per heavy atom. The highest BCUT2D eigenvalue weighted by Crippen LogP contribution is 2.24. The Kier molecular flexibility index (Phi) is 4.47. The van der Waals surface area contributed by atoms with Crippen LogP contribution in [0.1, 0.15) is 30.6 Å². The van der Waals surface area contributed by atoms with Crippen molar-refractivity contribution in [3.8, 4) is 5.75 Å². The quantitative estimate of drug-likeness (QED) is 0.858. The molecule has 2 N–H and O–H groups in total. The lowest BCUT2D eigenvalue weighted by Gasteiger charge is -2.16. The summed E-state index contributed by atoms with van der Waals surface area (Å²) in [5, 5.41) is 11.4. The number of carboxylic acids is 1. The molecule has 114 valence electrons. The highest BCUT2D eigenvalue weighted by molar-refractivity contribution is 5.94. The Morgan fingerprint density at radius 2 is 2.05 bits per heavy atom. The molecule has 1 aromatic rings. The zero-order valence-corrected chi connectivity index (χ0v) is 12.1. The smallest absolute Gasteiger partial charge is 0.341 e. The number of aliphatic carboxylic acids is 1. The molecular weight excluding hydrogens is 274 g/mol. The van der Waals surface area contributed by atoms with Crippen molar-refractivity contribution in [1.29, 1.82) is 0 Å². The first-order valence-electron chi connectivity index (χ1n) is 6.75. The van der Waals surface area contributed by atoms with Crippen LogP contribution in [0, 0.1) is 0 Å². The second kappa shape index (κ2) is 6.13. The van der Waals surface area contributed by atoms with Gasteiger partial charge in [0.25, 0.3) is 5.91 Å². The van der Waals surface area contributed by atoms with E-state index in [9.17, 15) is 9.59 Å². The molecule has 6 heteroatoms. The van der Waals surface area contributed by atoms with E-state index < -0.39 is 12.6 Å². The van der Waals surface area contributed by atoms with E-state index in [1.165, 1.54) is 0 Å². The fourth-order valence-corrected chi connectivity index (χ4v) is 2.25. The first kappa shape index (κ1) is 15.3. The second-order valence-corrected chi connectivity index (χ2v) is 5.65. The van der Waals surface area contributed by atoms with Crippen LogP contribution in [-0.2, 0) is 9.53 Å². The van der Waals surface area contributed by atoms with Crippen molar-refractivity contribution in [1.82, 2.24) is 5.32 Å². The molecule has 2 rings (SSSR count). The number of hydrogen-bond donors (Lipinski definition) is 2. The summed E-state index contributed by atoms with van der Waals surface area (Å²) in [6, 6.07) is 6.37. The average Bonchev–Trinajstić information content (AvgIpc) is 2.76. The number of benzene rings is 1. The largest absolute Gasteiger partial charge is 0.482 e. The van der Waals surface area contributed by atoms with E-state index >= 15 is 0 Å². The first-order valence-corrected chi connectivity index (χ1v) is 6.75. The Bertz CT molecular complexity index is 523. The fourth-order valence-electron chi connectivity index (χ4n) is 2.25. The standard InChI is InChI=1S/C15H19NO5/c1-15(2)7-11(8-21-15)16-14(19)10-3-5-12(6-4-10)20-9-13(17)18/h3-6,11H,7-9H2,1-2H3,(H,16,19)(H,17,18). The minimum Gasteiger partial charge on any atom is -0.482 e. The minimum absolute atomic E-state index is 0.00966. The molecule has 0 aromatic heterocycles. The Hall–Kier alpha value is -2.08. The lowest BCUT2D eigenvalue weighted by molar-refractivity contribution is -0.139. The summed E-state index contributed by atoms with van der Waals surface area (Å²) in [5.74, 6) is -0.800. The van der Waals surface area contributed by atoms with Gasteiger partial charge in [-0.3, -0.25) is 4.79 Å². The van der Waals surface area contributed by atoms with Gasteiger partial charge in [-0.05, 0) is 44.5 Å². The Balaban J connectivity index is 1.89. The molecule has 1 atom stereocenters. The van der Waals surface area contributed by atoms with Crippen LogP contribution in [0.25, 0.3) is 0 Å². The summed E-state index contributed by atoms with van der Waals surface area (Å²) in [4.78, 5) is 22.5. The van der Waals surface area contributed by atoms with E-state index in [4.69, 9.17) is 14.6 Å². The zero-order chi connectivity index (χ0) is 15.5. The number of carboxylic acid groups (broad SMARTS) is 1. The van der Waals surface area contributed by atoms with Gasteiger partial charge in [0.05, 0.1) is 18.2 Å². The van der Waals surface area contributed by atoms with E-state index in [-0.39, 0.29) is 17.6 Å². The molecule has 0 bridgehead atoms. The van der Waals surface area contributed by atoms with Gasteiger partial charge >= 0.3 is 5.97 Å². The molecule has 1 heterocycles. The van der Waals surface area contributed by atoms with Crippen LogP contribution in [0.2, 0.25) is 0 Å². The Morgan fingerprint density at radius 1 is 1.38 bits per heavy atom. The van der Waals surface area contributed by atoms with E-state index in [2.05, 4.69) is 5.32 Å². The van der Waals surface area contributed by atoms with Crippen LogP contribution in [-0.4, -0.2) is 41.8 Å². The van der Waals surface area contributed by atoms with Crippen molar-refractivity contribution in [2.75, 3.05) is 13.2 Å². The summed E-state index contributed by atoms with van der Waals surface area (Å²) in [6.45, 7) is 4.10. The van der Waals surface area contributed by atoms with E-state index in [0.717, 1.165) is 6.42 Å². The summed E-state index contributed by atoms with van der Waals surface area (Å²) in [7, 11) is 0. The molecule has 1 unspecified atom stereocenters. The highest BCUT2D eigenvalue weighted by atomic mass is 16.5. The molecule has 1 aromatic carbocycles. The van der Waals surface area contributed by atoms with Crippen LogP contribution in [0.15, 0.2) is 24.3 Å². The average molecular weight is 293 g/mol. The molecular formula is C15H19NO5. The van der Waals surface area contributed by atoms with Gasteiger partial charge in [0.1, 0.15) is 5.75 Å². The molecule has 0 saturated carbocycles. The number of rotatable bonds is 5. The molecule has 0 aliphatic carbocycles. The van der Waals surface area contributed by atoms with Crippen LogP contribution >= 0.6 is 0 Å². The van der Waals surface area contributed by atoms with Crippen molar-refractivity contribution in [2.45, 2.75) is 31.9 Å². The maximum atomic E-state index is 12.1. The molecule has 1 aliphatic rings. The predicted molar refractivity (Wildman–Crippen MR) is 75.5 cm³/mol. The van der Waals surface area contributed by atoms with Crippen molar-refractivity contribution < 1.29 is 24.2 Å². The monoisotopic (exact) mass is 293 g/mol. The van der Waals surface area contributed by atoms with E-state index in [0.29, 0.717) is 17.9 Å². The molecule has 0 radical (unpaired) electrons. The molecule has 1 aliphatic heterocycles. The molecule has 1 saturated heterocycles. The van der Waals surface area contributed by atoms with Crippen LogP contribution in [0.5, 0.6) is 5.75 Å². The van der Waals surface area contributed by atoms with Crippen molar-refractivity contribution in [2.24, 2.45) is 0 Å². The van der Waals surface area contributed by atoms with Gasteiger partial charge in [-0.2, -0.15) is 0 Å². The predicted octanol–water partition coefficient (Wildman–Crippen LogP) is 1.45. The van der Waals surface area contributed by atoms with Crippen LogP contribution in [0.3, 0.4) is 0 Å². The maximum absolute atomic E-state index is 12.1. The summed E-state index contributed by atoms with van der Waals surface area (Å²) in [5.41, 5.74) is 0.300. The summed E-state index contributed by atoms with van der Waals surface area (Å²) < 4.78 is 10.6. The highest BCUT2D eigenvalue weighted by Gasteiger charge is 2.32. The van der Waals surface area contributed by atoms with Crippen molar-refractivity contribution >= 4 is 11.9 Å². The third-order valence-electron chi connectivity index (χ3n) is 3.23. The zero-order valence-electron chi connectivity index (χ0n) is 12.1. The van der Waals surface area contributed by atoms with E-state index in [1.54, 1.807) is 24.3 Å². The number of amides is 1. The SMILES string of the molecule is CC1(C)CC(NC(=O)c2ccc(OCC(=O)O)cc2)CO1. The van der Waals surface area contributed by atoms with Crippen LogP contribution < -0.4 is 10.1 Å². The van der Waals surface area contributed by atoms with Crippen molar-refractivity contribution in [3.63, 3.8) is 0 Å². The van der Waals surface area contributed by atoms with Crippen molar-refractivity contribution in [3.05, 3.63) is 29.8 Å². The summed E-state index contributed by atoms with van der Waals surface area (Å²) >= 11 is 0. The number of carbonyl (C=O) groups is 2. The third kappa shape index (κ3) is 4.46. The Labute approximate surface area is 123 Å². The lowest BCUT2D eigenvalue weighted by Crippen LogP contribution is -2.35. The number of hydrogen-bond acceptors (Lipinski definition) is 4. The molecule has 21 heavy (non-hydrogen) atoms. The maximum Gasteiger partial charge on any atom is 0.341 e. The molecule has 1 fully saturated rings. The first-order chi connectivity index (χ1) is 9.85. The van der Waals surface area contributed by atoms with Gasteiger partial charge in [0.2, 0.25) is 0 Å². The second-order valence-electron chi connectivity index (χ2n) is 5.65. The number of carbonyl (C=O) groups excluding carboxylic acids is 1. The minimum atomic E-state index is -1.04. The fraction of sp³-hybridized carbons (Fsp3) is 0.467. The number of ether oxygens (including phenoxy) is 2. The lowest BCUT2D eigenvalue weighted by atomic mass is 10.0. The van der Waals surface area contributed by atoms with Gasteiger partial charge in [0.15, 0.2) is 6.61 Å². The van der Waals surface area contributed by atoms with Crippen LogP contribution in [0.4, 0.5) is 0 Å². The summed E-state index contributed by atoms with van der Waals surface area (Å²) in [6.07, 6.45) is 0.776. The number of nitrogens with one attached hydrogen (secondary N) is 1. The van der Waals surface area contributed by atoms with Gasteiger partial charge in [-0.25, -0.2) is 4.79 Å². The van der Waals surface area contributed by atoms with Gasteiger partial charge in [0, 0.05) is 5.56 Å². The third-order valence-corrected chi connectivity index (χ3v) is 3.23. The van der Waals surface area contributed by atoms with Gasteiger partial charge in [-0.1, -0.05) is 0 Å². The van der Waals surface area contributed by atoms with Gasteiger partial charge in [-0.15, -0.1) is 0 Å². The molecule has 1 amide bonds. The normalized spacial score (nSPS) is 20.0. The molecule has 0 spiro atoms. The van der Waals surface area contributed by atoms with E-state index in [1.807, 2.05) is 13.8 Å².